The van der Waals surface area contributed by atoms with Crippen LogP contribution in [0.4, 0.5) is 0 Å². The van der Waals surface area contributed by atoms with E-state index in [2.05, 4.69) is 19.1 Å². The maximum atomic E-state index is 9.23. The van der Waals surface area contributed by atoms with Crippen molar-refractivity contribution in [3.63, 3.8) is 0 Å². The maximum Gasteiger partial charge on any atom is 0.0666 e. The van der Waals surface area contributed by atoms with Crippen molar-refractivity contribution < 1.29 is 5.11 Å². The van der Waals surface area contributed by atoms with E-state index in [-0.39, 0.29) is 7.92 Å². The van der Waals surface area contributed by atoms with Gasteiger partial charge in [0.1, 0.15) is 0 Å². The molecule has 0 saturated heterocycles. The molecule has 1 aromatic carbocycles. The second kappa shape index (κ2) is 6.12. The SMILES string of the molecule is CCCCP(CO)c1ccccc1. The lowest BCUT2D eigenvalue weighted by Crippen LogP contribution is -2.05. The van der Waals surface area contributed by atoms with Crippen LogP contribution in [0.2, 0.25) is 0 Å². The molecule has 72 valence electrons. The van der Waals surface area contributed by atoms with Gasteiger partial charge in [0.15, 0.2) is 0 Å². The normalized spacial score (nSPS) is 12.8. The first-order valence-electron chi connectivity index (χ1n) is 4.79. The summed E-state index contributed by atoms with van der Waals surface area (Å²) in [5, 5.41) is 10.6. The van der Waals surface area contributed by atoms with Crippen molar-refractivity contribution in [2.24, 2.45) is 0 Å². The summed E-state index contributed by atoms with van der Waals surface area (Å²) in [4.78, 5) is 0. The molecule has 0 radical (unpaired) electrons. The standard InChI is InChI=1S/C11H17OP/c1-2-3-9-13(10-12)11-7-5-4-6-8-11/h4-8,12H,2-3,9-10H2,1H3. The quantitative estimate of drug-likeness (QED) is 0.717. The molecule has 1 N–H and O–H groups in total. The zero-order chi connectivity index (χ0) is 9.52. The van der Waals surface area contributed by atoms with Crippen LogP contribution < -0.4 is 5.30 Å². The molecule has 0 aliphatic carbocycles. The number of hydrogen-bond acceptors (Lipinski definition) is 1. The molecule has 2 heteroatoms. The van der Waals surface area contributed by atoms with Crippen molar-refractivity contribution in [1.29, 1.82) is 0 Å². The Balaban J connectivity index is 2.56. The van der Waals surface area contributed by atoms with Crippen LogP contribution in [-0.2, 0) is 0 Å². The van der Waals surface area contributed by atoms with Crippen LogP contribution >= 0.6 is 7.92 Å². The first-order valence-corrected chi connectivity index (χ1v) is 6.50. The number of rotatable bonds is 5. The van der Waals surface area contributed by atoms with E-state index in [9.17, 15) is 5.11 Å². The minimum Gasteiger partial charge on any atom is -0.392 e. The summed E-state index contributed by atoms with van der Waals surface area (Å²) in [6.07, 6.45) is 3.93. The fourth-order valence-electron chi connectivity index (χ4n) is 1.27. The predicted molar refractivity (Wildman–Crippen MR) is 59.9 cm³/mol. The lowest BCUT2D eigenvalue weighted by Gasteiger charge is -2.14. The molecule has 0 aliphatic heterocycles. The van der Waals surface area contributed by atoms with Gasteiger partial charge < -0.3 is 5.11 Å². The summed E-state index contributed by atoms with van der Waals surface area (Å²) in [7, 11) is -0.304. The molecule has 1 aromatic rings. The highest BCUT2D eigenvalue weighted by atomic mass is 31.1. The highest BCUT2D eigenvalue weighted by Gasteiger charge is 2.07. The molecule has 0 fully saturated rings. The van der Waals surface area contributed by atoms with Crippen LogP contribution in [0.3, 0.4) is 0 Å². The maximum absolute atomic E-state index is 9.23. The van der Waals surface area contributed by atoms with Gasteiger partial charge in [-0.25, -0.2) is 0 Å². The Bertz CT molecular complexity index is 223. The van der Waals surface area contributed by atoms with E-state index >= 15 is 0 Å². The van der Waals surface area contributed by atoms with Crippen molar-refractivity contribution in [3.8, 4) is 0 Å². The van der Waals surface area contributed by atoms with Gasteiger partial charge in [0.05, 0.1) is 6.35 Å². The summed E-state index contributed by atoms with van der Waals surface area (Å²) >= 11 is 0. The summed E-state index contributed by atoms with van der Waals surface area (Å²) in [5.74, 6) is 0. The summed E-state index contributed by atoms with van der Waals surface area (Å²) in [6.45, 7) is 2.19. The lowest BCUT2D eigenvalue weighted by molar-refractivity contribution is 0.371. The molecule has 0 saturated carbocycles. The van der Waals surface area contributed by atoms with Gasteiger partial charge in [-0.3, -0.25) is 0 Å². The highest BCUT2D eigenvalue weighted by Crippen LogP contribution is 2.33. The zero-order valence-electron chi connectivity index (χ0n) is 8.11. The van der Waals surface area contributed by atoms with E-state index < -0.39 is 0 Å². The molecule has 1 unspecified atom stereocenters. The number of benzene rings is 1. The Morgan fingerprint density at radius 1 is 1.23 bits per heavy atom. The topological polar surface area (TPSA) is 20.2 Å². The average Bonchev–Trinajstić information content (AvgIpc) is 2.21. The predicted octanol–water partition coefficient (Wildman–Crippen LogP) is 2.54. The smallest absolute Gasteiger partial charge is 0.0666 e. The Morgan fingerprint density at radius 2 is 1.92 bits per heavy atom. The van der Waals surface area contributed by atoms with Gasteiger partial charge in [0.25, 0.3) is 0 Å². The molecular formula is C11H17OP. The van der Waals surface area contributed by atoms with Gasteiger partial charge in [0.2, 0.25) is 0 Å². The van der Waals surface area contributed by atoms with E-state index in [1.165, 1.54) is 18.1 Å². The minimum atomic E-state index is -0.304. The Labute approximate surface area is 81.6 Å². The van der Waals surface area contributed by atoms with Gasteiger partial charge in [-0.1, -0.05) is 43.7 Å². The van der Waals surface area contributed by atoms with E-state index in [0.29, 0.717) is 6.35 Å². The molecule has 0 amide bonds. The molecule has 0 spiro atoms. The van der Waals surface area contributed by atoms with Crippen molar-refractivity contribution in [1.82, 2.24) is 0 Å². The van der Waals surface area contributed by atoms with Crippen LogP contribution in [0, 0.1) is 0 Å². The van der Waals surface area contributed by atoms with Gasteiger partial charge in [0, 0.05) is 0 Å². The number of unbranched alkanes of at least 4 members (excludes halogenated alkanes) is 1. The van der Waals surface area contributed by atoms with Gasteiger partial charge in [-0.15, -0.1) is 0 Å². The van der Waals surface area contributed by atoms with Crippen LogP contribution in [0.15, 0.2) is 30.3 Å². The van der Waals surface area contributed by atoms with Gasteiger partial charge in [-0.2, -0.15) is 0 Å². The third kappa shape index (κ3) is 3.46. The molecule has 0 aliphatic rings. The molecule has 1 atom stereocenters. The monoisotopic (exact) mass is 196 g/mol. The fraction of sp³-hybridized carbons (Fsp3) is 0.455. The second-order valence-electron chi connectivity index (χ2n) is 3.09. The van der Waals surface area contributed by atoms with Gasteiger partial charge >= 0.3 is 0 Å². The zero-order valence-corrected chi connectivity index (χ0v) is 9.00. The molecule has 0 aromatic heterocycles. The van der Waals surface area contributed by atoms with Crippen molar-refractivity contribution in [2.45, 2.75) is 19.8 Å². The van der Waals surface area contributed by atoms with E-state index in [0.717, 1.165) is 6.16 Å². The van der Waals surface area contributed by atoms with Gasteiger partial charge in [-0.05, 0) is 25.8 Å². The summed E-state index contributed by atoms with van der Waals surface area (Å²) < 4.78 is 0. The molecule has 13 heavy (non-hydrogen) atoms. The van der Waals surface area contributed by atoms with Crippen molar-refractivity contribution in [3.05, 3.63) is 30.3 Å². The van der Waals surface area contributed by atoms with E-state index in [1.807, 2.05) is 18.2 Å². The van der Waals surface area contributed by atoms with Crippen LogP contribution in [-0.4, -0.2) is 17.6 Å². The first kappa shape index (κ1) is 10.7. The third-order valence-corrected chi connectivity index (χ3v) is 4.30. The largest absolute Gasteiger partial charge is 0.392 e. The van der Waals surface area contributed by atoms with E-state index in [1.54, 1.807) is 0 Å². The second-order valence-corrected chi connectivity index (χ2v) is 5.42. The molecular weight excluding hydrogens is 179 g/mol. The Kier molecular flexibility index (Phi) is 5.03. The molecule has 1 nitrogen and oxygen atoms in total. The Hall–Kier alpha value is -0.390. The fourth-order valence-corrected chi connectivity index (χ4v) is 3.12. The molecule has 0 heterocycles. The third-order valence-electron chi connectivity index (χ3n) is 2.07. The molecule has 0 bridgehead atoms. The van der Waals surface area contributed by atoms with Crippen LogP contribution in [0.25, 0.3) is 0 Å². The van der Waals surface area contributed by atoms with Crippen molar-refractivity contribution in [2.75, 3.05) is 12.5 Å². The van der Waals surface area contributed by atoms with Crippen LogP contribution in [0.5, 0.6) is 0 Å². The van der Waals surface area contributed by atoms with Crippen molar-refractivity contribution >= 4 is 13.2 Å². The summed E-state index contributed by atoms with van der Waals surface area (Å²) in [5.41, 5.74) is 0. The lowest BCUT2D eigenvalue weighted by atomic mass is 10.4. The first-order chi connectivity index (χ1) is 6.38. The van der Waals surface area contributed by atoms with E-state index in [4.69, 9.17) is 0 Å². The molecule has 1 rings (SSSR count). The minimum absolute atomic E-state index is 0.304. The number of aliphatic hydroxyl groups is 1. The average molecular weight is 196 g/mol. The highest BCUT2D eigenvalue weighted by molar-refractivity contribution is 7.65. The number of aliphatic hydroxyl groups excluding tert-OH is 1. The number of hydrogen-bond donors (Lipinski definition) is 1. The van der Waals surface area contributed by atoms with Crippen LogP contribution in [0.1, 0.15) is 19.8 Å². The Morgan fingerprint density at radius 3 is 2.46 bits per heavy atom. The summed E-state index contributed by atoms with van der Waals surface area (Å²) in [6, 6.07) is 10.4.